The highest BCUT2D eigenvalue weighted by Gasteiger charge is 2.44. The van der Waals surface area contributed by atoms with Crippen molar-refractivity contribution < 1.29 is 14.4 Å². The highest BCUT2D eigenvalue weighted by Crippen LogP contribution is 2.30. The number of benzene rings is 1. The van der Waals surface area contributed by atoms with Crippen LogP contribution >= 0.6 is 11.6 Å². The molecule has 21 heavy (non-hydrogen) atoms. The maximum Gasteiger partial charge on any atom is 0.327 e. The minimum Gasteiger partial charge on any atom is -0.324 e. The van der Waals surface area contributed by atoms with E-state index in [4.69, 9.17) is 11.6 Å². The number of hydrogen-bond donors (Lipinski definition) is 1. The average molecular weight is 308 g/mol. The number of urea groups is 1. The molecule has 1 aromatic rings. The summed E-state index contributed by atoms with van der Waals surface area (Å²) >= 11 is 5.83. The normalized spacial score (nSPS) is 18.3. The number of imide groups is 1. The van der Waals surface area contributed by atoms with E-state index >= 15 is 0 Å². The van der Waals surface area contributed by atoms with Gasteiger partial charge in [0, 0.05) is 16.8 Å². The van der Waals surface area contributed by atoms with E-state index in [1.807, 2.05) is 0 Å². The van der Waals surface area contributed by atoms with Gasteiger partial charge in [-0.2, -0.15) is 0 Å². The zero-order valence-corrected chi connectivity index (χ0v) is 12.0. The van der Waals surface area contributed by atoms with Crippen molar-refractivity contribution in [2.45, 2.75) is 18.9 Å². The SMILES string of the molecule is O=C(CN1C(=O)CN(C2CC2)C1=O)Nc1cccc(Cl)c1. The van der Waals surface area contributed by atoms with Gasteiger partial charge < -0.3 is 10.2 Å². The second kappa shape index (κ2) is 5.37. The maximum absolute atomic E-state index is 12.1. The van der Waals surface area contributed by atoms with Crippen molar-refractivity contribution >= 4 is 35.1 Å². The summed E-state index contributed by atoms with van der Waals surface area (Å²) in [7, 11) is 0. The first kappa shape index (κ1) is 13.9. The summed E-state index contributed by atoms with van der Waals surface area (Å²) in [6.07, 6.45) is 1.86. The van der Waals surface area contributed by atoms with E-state index in [9.17, 15) is 14.4 Å². The number of hydrogen-bond acceptors (Lipinski definition) is 3. The number of rotatable bonds is 4. The molecule has 0 aromatic heterocycles. The molecule has 2 aliphatic rings. The summed E-state index contributed by atoms with van der Waals surface area (Å²) in [6.45, 7) is -0.193. The molecule has 7 heteroatoms. The molecule has 1 saturated carbocycles. The molecular weight excluding hydrogens is 294 g/mol. The van der Waals surface area contributed by atoms with Crippen LogP contribution in [0.3, 0.4) is 0 Å². The molecule has 0 bridgehead atoms. The molecular formula is C14H14ClN3O3. The summed E-state index contributed by atoms with van der Waals surface area (Å²) in [5.41, 5.74) is 0.533. The van der Waals surface area contributed by atoms with Crippen LogP contribution in [0.1, 0.15) is 12.8 Å². The standard InChI is InChI=1S/C14H14ClN3O3/c15-9-2-1-3-10(6-9)16-12(19)7-18-13(20)8-17(14(18)21)11-4-5-11/h1-3,6,11H,4-5,7-8H2,(H,16,19). The van der Waals surface area contributed by atoms with E-state index in [0.29, 0.717) is 10.7 Å². The molecule has 1 aliphatic carbocycles. The molecule has 2 fully saturated rings. The minimum absolute atomic E-state index is 0.0773. The van der Waals surface area contributed by atoms with Crippen molar-refractivity contribution in [2.75, 3.05) is 18.4 Å². The lowest BCUT2D eigenvalue weighted by Crippen LogP contribution is -2.39. The molecule has 4 amide bonds. The van der Waals surface area contributed by atoms with Gasteiger partial charge in [-0.15, -0.1) is 0 Å². The van der Waals surface area contributed by atoms with Gasteiger partial charge in [0.15, 0.2) is 0 Å². The Labute approximate surface area is 126 Å². The Hall–Kier alpha value is -2.08. The van der Waals surface area contributed by atoms with Gasteiger partial charge in [-0.05, 0) is 31.0 Å². The molecule has 1 N–H and O–H groups in total. The highest BCUT2D eigenvalue weighted by molar-refractivity contribution is 6.30. The fourth-order valence-electron chi connectivity index (χ4n) is 2.30. The van der Waals surface area contributed by atoms with E-state index < -0.39 is 5.91 Å². The molecule has 0 unspecified atom stereocenters. The summed E-state index contributed by atoms with van der Waals surface area (Å²) in [5, 5.41) is 3.12. The van der Waals surface area contributed by atoms with Crippen molar-refractivity contribution in [1.82, 2.24) is 9.80 Å². The molecule has 0 atom stereocenters. The Bertz CT molecular complexity index is 615. The summed E-state index contributed by atoms with van der Waals surface area (Å²) in [5.74, 6) is -0.746. The van der Waals surface area contributed by atoms with Crippen molar-refractivity contribution in [3.05, 3.63) is 29.3 Å². The van der Waals surface area contributed by atoms with Crippen LogP contribution in [0, 0.1) is 0 Å². The van der Waals surface area contributed by atoms with E-state index in [1.54, 1.807) is 24.3 Å². The van der Waals surface area contributed by atoms with E-state index in [2.05, 4.69) is 5.32 Å². The van der Waals surface area contributed by atoms with Crippen LogP contribution in [0.4, 0.5) is 10.5 Å². The molecule has 1 saturated heterocycles. The first-order valence-corrected chi connectivity index (χ1v) is 7.09. The van der Waals surface area contributed by atoms with Gasteiger partial charge in [-0.3, -0.25) is 14.5 Å². The van der Waals surface area contributed by atoms with Crippen LogP contribution < -0.4 is 5.32 Å². The summed E-state index contributed by atoms with van der Waals surface area (Å²) in [6, 6.07) is 6.49. The summed E-state index contributed by atoms with van der Waals surface area (Å²) < 4.78 is 0. The Morgan fingerprint density at radius 3 is 2.76 bits per heavy atom. The number of carbonyl (C=O) groups excluding carboxylic acids is 3. The van der Waals surface area contributed by atoms with Crippen LogP contribution in [-0.4, -0.2) is 46.8 Å². The largest absolute Gasteiger partial charge is 0.327 e. The van der Waals surface area contributed by atoms with Gasteiger partial charge in [0.25, 0.3) is 5.91 Å². The van der Waals surface area contributed by atoms with Crippen LogP contribution in [0.25, 0.3) is 0 Å². The molecule has 1 aromatic carbocycles. The molecule has 1 aliphatic heterocycles. The van der Waals surface area contributed by atoms with Crippen molar-refractivity contribution in [1.29, 1.82) is 0 Å². The van der Waals surface area contributed by atoms with Crippen molar-refractivity contribution in [2.24, 2.45) is 0 Å². The lowest BCUT2D eigenvalue weighted by molar-refractivity contribution is -0.129. The third-order valence-corrected chi connectivity index (χ3v) is 3.72. The third-order valence-electron chi connectivity index (χ3n) is 3.48. The fraction of sp³-hybridized carbons (Fsp3) is 0.357. The Morgan fingerprint density at radius 2 is 2.10 bits per heavy atom. The number of halogens is 1. The predicted molar refractivity (Wildman–Crippen MR) is 76.9 cm³/mol. The molecule has 3 rings (SSSR count). The first-order chi connectivity index (χ1) is 10.0. The predicted octanol–water partition coefficient (Wildman–Crippen LogP) is 1.71. The molecule has 6 nitrogen and oxygen atoms in total. The zero-order valence-electron chi connectivity index (χ0n) is 11.2. The van der Waals surface area contributed by atoms with E-state index in [1.165, 1.54) is 4.90 Å². The molecule has 110 valence electrons. The van der Waals surface area contributed by atoms with Crippen LogP contribution in [0.15, 0.2) is 24.3 Å². The zero-order chi connectivity index (χ0) is 15.0. The Balaban J connectivity index is 1.62. The molecule has 1 heterocycles. The van der Waals surface area contributed by atoms with Gasteiger partial charge in [0.1, 0.15) is 13.1 Å². The second-order valence-electron chi connectivity index (χ2n) is 5.18. The van der Waals surface area contributed by atoms with Crippen LogP contribution in [0.2, 0.25) is 5.02 Å². The number of nitrogens with zero attached hydrogens (tertiary/aromatic N) is 2. The molecule has 0 spiro atoms. The quantitative estimate of drug-likeness (QED) is 0.861. The van der Waals surface area contributed by atoms with Crippen molar-refractivity contribution in [3.63, 3.8) is 0 Å². The van der Waals surface area contributed by atoms with Gasteiger partial charge in [-0.1, -0.05) is 17.7 Å². The number of amides is 4. The summed E-state index contributed by atoms with van der Waals surface area (Å²) in [4.78, 5) is 38.4. The van der Waals surface area contributed by atoms with Crippen LogP contribution in [-0.2, 0) is 9.59 Å². The van der Waals surface area contributed by atoms with Crippen LogP contribution in [0.5, 0.6) is 0 Å². The smallest absolute Gasteiger partial charge is 0.324 e. The average Bonchev–Trinajstić information content (AvgIpc) is 3.22. The van der Waals surface area contributed by atoms with E-state index in [0.717, 1.165) is 17.7 Å². The third kappa shape index (κ3) is 3.00. The monoisotopic (exact) mass is 307 g/mol. The lowest BCUT2D eigenvalue weighted by Gasteiger charge is -2.16. The first-order valence-electron chi connectivity index (χ1n) is 6.71. The number of nitrogens with one attached hydrogen (secondary N) is 1. The maximum atomic E-state index is 12.1. The van der Waals surface area contributed by atoms with E-state index in [-0.39, 0.29) is 31.1 Å². The topological polar surface area (TPSA) is 69.7 Å². The lowest BCUT2D eigenvalue weighted by atomic mass is 10.3. The second-order valence-corrected chi connectivity index (χ2v) is 5.62. The van der Waals surface area contributed by atoms with Crippen molar-refractivity contribution in [3.8, 4) is 0 Å². The fourth-order valence-corrected chi connectivity index (χ4v) is 2.49. The minimum atomic E-state index is -0.420. The van der Waals surface area contributed by atoms with Gasteiger partial charge in [-0.25, -0.2) is 4.79 Å². The van der Waals surface area contributed by atoms with Gasteiger partial charge in [0.05, 0.1) is 0 Å². The van der Waals surface area contributed by atoms with Gasteiger partial charge >= 0.3 is 6.03 Å². The highest BCUT2D eigenvalue weighted by atomic mass is 35.5. The molecule has 0 radical (unpaired) electrons. The number of carbonyl (C=O) groups is 3. The Morgan fingerprint density at radius 1 is 1.33 bits per heavy atom. The number of anilines is 1. The Kier molecular flexibility index (Phi) is 3.55. The van der Waals surface area contributed by atoms with Gasteiger partial charge in [0.2, 0.25) is 5.91 Å².